The number of H-pyrrole nitrogens is 1. The summed E-state index contributed by atoms with van der Waals surface area (Å²) in [5, 5.41) is 3.38. The molecule has 0 fully saturated rings. The lowest BCUT2D eigenvalue weighted by Crippen LogP contribution is -2.27. The summed E-state index contributed by atoms with van der Waals surface area (Å²) in [5.41, 5.74) is 2.24. The molecule has 1 amide bonds. The van der Waals surface area contributed by atoms with Crippen molar-refractivity contribution in [2.45, 2.75) is 13.8 Å². The van der Waals surface area contributed by atoms with Gasteiger partial charge in [0.2, 0.25) is 5.91 Å². The minimum absolute atomic E-state index is 0.0442. The lowest BCUT2D eigenvalue weighted by atomic mass is 10.1. The summed E-state index contributed by atoms with van der Waals surface area (Å²) in [6, 6.07) is 7.68. The Morgan fingerprint density at radius 3 is 2.88 bits per heavy atom. The van der Waals surface area contributed by atoms with Gasteiger partial charge in [0, 0.05) is 41.5 Å². The first-order valence-electron chi connectivity index (χ1n) is 7.62. The molecule has 3 rings (SSSR count). The number of para-hydroxylation sites is 1. The number of benzene rings is 1. The highest BCUT2D eigenvalue weighted by atomic mass is 32.1. The van der Waals surface area contributed by atoms with Crippen molar-refractivity contribution >= 4 is 45.1 Å². The molecule has 0 aliphatic heterocycles. The van der Waals surface area contributed by atoms with Crippen LogP contribution in [0.25, 0.3) is 17.0 Å². The van der Waals surface area contributed by atoms with Gasteiger partial charge in [-0.25, -0.2) is 4.98 Å². The lowest BCUT2D eigenvalue weighted by molar-refractivity contribution is -0.116. The van der Waals surface area contributed by atoms with Gasteiger partial charge in [-0.1, -0.05) is 18.2 Å². The molecule has 1 aromatic carbocycles. The lowest BCUT2D eigenvalue weighted by Gasteiger charge is -2.14. The maximum atomic E-state index is 12.4. The van der Waals surface area contributed by atoms with Crippen molar-refractivity contribution < 1.29 is 9.59 Å². The van der Waals surface area contributed by atoms with Crippen LogP contribution in [-0.2, 0) is 4.79 Å². The SMILES string of the molecule is CCN(C(C)=O)c1nc(/C=C/C(=O)c2c[nH]c3ccccc23)cs1. The highest BCUT2D eigenvalue weighted by Gasteiger charge is 2.13. The standard InChI is InChI=1S/C18H17N3O2S/c1-3-21(12(2)22)18-20-13(11-24-18)8-9-17(23)15-10-19-16-7-5-4-6-14(15)16/h4-11,19H,3H2,1-2H3/b9-8+. The van der Waals surface area contributed by atoms with Gasteiger partial charge in [-0.15, -0.1) is 11.3 Å². The fourth-order valence-corrected chi connectivity index (χ4v) is 3.40. The van der Waals surface area contributed by atoms with E-state index in [-0.39, 0.29) is 11.7 Å². The van der Waals surface area contributed by atoms with E-state index in [0.717, 1.165) is 10.9 Å². The van der Waals surface area contributed by atoms with Crippen molar-refractivity contribution in [3.05, 3.63) is 53.2 Å². The molecular formula is C18H17N3O2S. The molecule has 122 valence electrons. The van der Waals surface area contributed by atoms with Crippen LogP contribution < -0.4 is 4.90 Å². The van der Waals surface area contributed by atoms with E-state index in [1.54, 1.807) is 17.2 Å². The highest BCUT2D eigenvalue weighted by Crippen LogP contribution is 2.22. The molecule has 0 atom stereocenters. The Labute approximate surface area is 143 Å². The number of hydrogen-bond donors (Lipinski definition) is 1. The smallest absolute Gasteiger partial charge is 0.225 e. The summed E-state index contributed by atoms with van der Waals surface area (Å²) in [4.78, 5) is 33.0. The average molecular weight is 339 g/mol. The zero-order valence-corrected chi connectivity index (χ0v) is 14.3. The molecule has 2 aromatic heterocycles. The van der Waals surface area contributed by atoms with Crippen molar-refractivity contribution in [2.75, 3.05) is 11.4 Å². The Bertz CT molecular complexity index is 923. The van der Waals surface area contributed by atoms with Gasteiger partial charge in [0.1, 0.15) is 0 Å². The van der Waals surface area contributed by atoms with Crippen LogP contribution in [0.2, 0.25) is 0 Å². The molecule has 2 heterocycles. The van der Waals surface area contributed by atoms with Gasteiger partial charge >= 0.3 is 0 Å². The fraction of sp³-hybridized carbons (Fsp3) is 0.167. The zero-order chi connectivity index (χ0) is 17.1. The summed E-state index contributed by atoms with van der Waals surface area (Å²) < 4.78 is 0. The molecular weight excluding hydrogens is 322 g/mol. The Morgan fingerprint density at radius 2 is 2.12 bits per heavy atom. The van der Waals surface area contributed by atoms with E-state index >= 15 is 0 Å². The van der Waals surface area contributed by atoms with E-state index in [1.807, 2.05) is 36.6 Å². The van der Waals surface area contributed by atoms with Crippen LogP contribution in [0.5, 0.6) is 0 Å². The fourth-order valence-electron chi connectivity index (χ4n) is 2.50. The second kappa shape index (κ2) is 6.80. The van der Waals surface area contributed by atoms with E-state index in [4.69, 9.17) is 0 Å². The average Bonchev–Trinajstić information content (AvgIpc) is 3.20. The number of ketones is 1. The molecule has 0 aliphatic carbocycles. The number of amides is 1. The number of thiazole rings is 1. The number of hydrogen-bond acceptors (Lipinski definition) is 4. The predicted octanol–water partition coefficient (Wildman–Crippen LogP) is 3.89. The number of carbonyl (C=O) groups is 2. The van der Waals surface area contributed by atoms with Gasteiger partial charge in [-0.05, 0) is 25.1 Å². The number of allylic oxidation sites excluding steroid dienone is 1. The van der Waals surface area contributed by atoms with Gasteiger partial charge in [0.05, 0.1) is 5.69 Å². The quantitative estimate of drug-likeness (QED) is 0.566. The summed E-state index contributed by atoms with van der Waals surface area (Å²) >= 11 is 1.39. The van der Waals surface area contributed by atoms with Crippen molar-refractivity contribution in [2.24, 2.45) is 0 Å². The molecule has 0 radical (unpaired) electrons. The van der Waals surface area contributed by atoms with E-state index in [9.17, 15) is 9.59 Å². The number of nitrogens with zero attached hydrogens (tertiary/aromatic N) is 2. The van der Waals surface area contributed by atoms with E-state index in [0.29, 0.717) is 22.9 Å². The molecule has 0 unspecified atom stereocenters. The zero-order valence-electron chi connectivity index (χ0n) is 13.4. The van der Waals surface area contributed by atoms with E-state index < -0.39 is 0 Å². The second-order valence-electron chi connectivity index (χ2n) is 5.26. The predicted molar refractivity (Wildman–Crippen MR) is 97.5 cm³/mol. The number of anilines is 1. The van der Waals surface area contributed by atoms with Crippen LogP contribution in [0.15, 0.2) is 41.9 Å². The van der Waals surface area contributed by atoms with Crippen molar-refractivity contribution in [1.82, 2.24) is 9.97 Å². The molecule has 0 spiro atoms. The number of fused-ring (bicyclic) bond motifs is 1. The summed E-state index contributed by atoms with van der Waals surface area (Å²) in [7, 11) is 0. The first kappa shape index (κ1) is 16.1. The van der Waals surface area contributed by atoms with Crippen molar-refractivity contribution in [3.63, 3.8) is 0 Å². The molecule has 5 nitrogen and oxygen atoms in total. The van der Waals surface area contributed by atoms with Crippen molar-refractivity contribution in [1.29, 1.82) is 0 Å². The largest absolute Gasteiger partial charge is 0.360 e. The Balaban J connectivity index is 1.80. The molecule has 0 bridgehead atoms. The van der Waals surface area contributed by atoms with E-state index in [2.05, 4.69) is 9.97 Å². The highest BCUT2D eigenvalue weighted by molar-refractivity contribution is 7.14. The number of nitrogens with one attached hydrogen (secondary N) is 1. The number of carbonyl (C=O) groups excluding carboxylic acids is 2. The molecule has 1 N–H and O–H groups in total. The van der Waals surface area contributed by atoms with Crippen LogP contribution in [0.3, 0.4) is 0 Å². The third-order valence-electron chi connectivity index (χ3n) is 3.70. The van der Waals surface area contributed by atoms with Crippen LogP contribution in [0.1, 0.15) is 29.9 Å². The topological polar surface area (TPSA) is 66.1 Å². The first-order valence-corrected chi connectivity index (χ1v) is 8.50. The first-order chi connectivity index (χ1) is 11.6. The van der Waals surface area contributed by atoms with Gasteiger partial charge in [0.15, 0.2) is 10.9 Å². The minimum Gasteiger partial charge on any atom is -0.360 e. The normalized spacial score (nSPS) is 11.2. The van der Waals surface area contributed by atoms with Crippen LogP contribution in [-0.4, -0.2) is 28.2 Å². The molecule has 6 heteroatoms. The molecule has 0 saturated heterocycles. The third kappa shape index (κ3) is 3.14. The van der Waals surface area contributed by atoms with Gasteiger partial charge < -0.3 is 4.98 Å². The van der Waals surface area contributed by atoms with Gasteiger partial charge in [0.25, 0.3) is 0 Å². The van der Waals surface area contributed by atoms with Crippen molar-refractivity contribution in [3.8, 4) is 0 Å². The second-order valence-corrected chi connectivity index (χ2v) is 6.10. The Kier molecular flexibility index (Phi) is 4.57. The molecule has 3 aromatic rings. The van der Waals surface area contributed by atoms with Gasteiger partial charge in [-0.2, -0.15) is 0 Å². The Morgan fingerprint density at radius 1 is 1.33 bits per heavy atom. The monoisotopic (exact) mass is 339 g/mol. The molecule has 0 saturated carbocycles. The summed E-state index contributed by atoms with van der Waals surface area (Å²) in [6.45, 7) is 3.99. The minimum atomic E-state index is -0.0825. The van der Waals surface area contributed by atoms with Crippen LogP contribution in [0.4, 0.5) is 5.13 Å². The number of rotatable bonds is 5. The Hall–Kier alpha value is -2.73. The summed E-state index contributed by atoms with van der Waals surface area (Å²) in [5.74, 6) is -0.127. The number of aromatic nitrogens is 2. The summed E-state index contributed by atoms with van der Waals surface area (Å²) in [6.07, 6.45) is 4.91. The molecule has 0 aliphatic rings. The number of aromatic amines is 1. The van der Waals surface area contributed by atoms with Crippen LogP contribution in [0, 0.1) is 0 Å². The van der Waals surface area contributed by atoms with E-state index in [1.165, 1.54) is 24.3 Å². The maximum Gasteiger partial charge on any atom is 0.225 e. The third-order valence-corrected chi connectivity index (χ3v) is 4.58. The molecule has 24 heavy (non-hydrogen) atoms. The van der Waals surface area contributed by atoms with Gasteiger partial charge in [-0.3, -0.25) is 14.5 Å². The van der Waals surface area contributed by atoms with Crippen LogP contribution >= 0.6 is 11.3 Å². The maximum absolute atomic E-state index is 12.4.